The van der Waals surface area contributed by atoms with Crippen LogP contribution < -0.4 is 5.32 Å². The van der Waals surface area contributed by atoms with E-state index in [-0.39, 0.29) is 5.91 Å². The van der Waals surface area contributed by atoms with Gasteiger partial charge in [-0.15, -0.1) is 0 Å². The summed E-state index contributed by atoms with van der Waals surface area (Å²) in [6.45, 7) is 6.42. The number of carbonyl (C=O) groups is 1. The molecule has 108 valence electrons. The summed E-state index contributed by atoms with van der Waals surface area (Å²) in [5.74, 6) is 0.234. The molecule has 0 aromatic heterocycles. The first kappa shape index (κ1) is 13.6. The van der Waals surface area contributed by atoms with Gasteiger partial charge in [0.15, 0.2) is 0 Å². The van der Waals surface area contributed by atoms with Gasteiger partial charge in [-0.1, -0.05) is 29.8 Å². The molecule has 0 aliphatic carbocycles. The van der Waals surface area contributed by atoms with Crippen LogP contribution in [-0.2, 0) is 11.3 Å². The molecule has 3 heteroatoms. The van der Waals surface area contributed by atoms with Gasteiger partial charge in [0.1, 0.15) is 0 Å². The Morgan fingerprint density at radius 1 is 1.25 bits per heavy atom. The zero-order valence-electron chi connectivity index (χ0n) is 12.3. The minimum atomic E-state index is 0.234. The van der Waals surface area contributed by atoms with Crippen molar-refractivity contribution in [3.05, 3.63) is 35.4 Å². The molecule has 0 radical (unpaired) electrons. The van der Waals surface area contributed by atoms with Gasteiger partial charge in [-0.2, -0.15) is 0 Å². The van der Waals surface area contributed by atoms with E-state index >= 15 is 0 Å². The number of piperidine rings is 2. The molecule has 2 aliphatic heterocycles. The molecule has 0 bridgehead atoms. The van der Waals surface area contributed by atoms with Gasteiger partial charge < -0.3 is 5.32 Å². The minimum absolute atomic E-state index is 0.234. The van der Waals surface area contributed by atoms with Crippen LogP contribution in [0, 0.1) is 12.3 Å². The van der Waals surface area contributed by atoms with Crippen molar-refractivity contribution in [3.63, 3.8) is 0 Å². The summed E-state index contributed by atoms with van der Waals surface area (Å²) in [6, 6.07) is 8.80. The Morgan fingerprint density at radius 3 is 2.70 bits per heavy atom. The molecule has 1 amide bonds. The lowest BCUT2D eigenvalue weighted by molar-refractivity contribution is -0.125. The predicted octanol–water partition coefficient (Wildman–Crippen LogP) is 2.49. The summed E-state index contributed by atoms with van der Waals surface area (Å²) in [4.78, 5) is 13.9. The highest BCUT2D eigenvalue weighted by molar-refractivity contribution is 5.76. The fraction of sp³-hybridized carbons (Fsp3) is 0.588. The highest BCUT2D eigenvalue weighted by Crippen LogP contribution is 2.37. The first-order valence-electron chi connectivity index (χ1n) is 7.70. The summed E-state index contributed by atoms with van der Waals surface area (Å²) >= 11 is 0. The lowest BCUT2D eigenvalue weighted by Crippen LogP contribution is -2.49. The molecule has 2 heterocycles. The first-order valence-corrected chi connectivity index (χ1v) is 7.70. The van der Waals surface area contributed by atoms with E-state index in [1.165, 1.54) is 24.0 Å². The van der Waals surface area contributed by atoms with E-state index in [0.29, 0.717) is 5.41 Å². The quantitative estimate of drug-likeness (QED) is 0.897. The van der Waals surface area contributed by atoms with Gasteiger partial charge in [-0.3, -0.25) is 9.69 Å². The number of likely N-dealkylation sites (tertiary alicyclic amines) is 1. The van der Waals surface area contributed by atoms with E-state index in [4.69, 9.17) is 0 Å². The highest BCUT2D eigenvalue weighted by Gasteiger charge is 2.37. The van der Waals surface area contributed by atoms with Crippen molar-refractivity contribution in [2.24, 2.45) is 5.41 Å². The van der Waals surface area contributed by atoms with Crippen LogP contribution in [0.2, 0.25) is 0 Å². The third kappa shape index (κ3) is 3.04. The second-order valence-electron chi connectivity index (χ2n) is 6.54. The molecule has 3 nitrogen and oxygen atoms in total. The molecule has 2 aliphatic rings. The number of nitrogens with one attached hydrogen (secondary N) is 1. The molecule has 0 saturated carbocycles. The molecule has 1 spiro atoms. The number of rotatable bonds is 2. The summed E-state index contributed by atoms with van der Waals surface area (Å²) in [7, 11) is 0. The topological polar surface area (TPSA) is 32.3 Å². The fourth-order valence-electron chi connectivity index (χ4n) is 3.52. The Morgan fingerprint density at radius 2 is 2.05 bits per heavy atom. The summed E-state index contributed by atoms with van der Waals surface area (Å²) in [5, 5.41) is 3.06. The number of carbonyl (C=O) groups excluding carboxylic acids is 1. The van der Waals surface area contributed by atoms with E-state index < -0.39 is 0 Å². The van der Waals surface area contributed by atoms with Gasteiger partial charge in [-0.25, -0.2) is 0 Å². The normalized spacial score (nSPS) is 22.8. The second-order valence-corrected chi connectivity index (χ2v) is 6.54. The molecular formula is C17H24N2O. The molecule has 0 unspecified atom stereocenters. The van der Waals surface area contributed by atoms with Gasteiger partial charge in [-0.05, 0) is 50.3 Å². The van der Waals surface area contributed by atoms with Crippen LogP contribution >= 0.6 is 0 Å². The van der Waals surface area contributed by atoms with Crippen LogP contribution in [0.3, 0.4) is 0 Å². The Kier molecular flexibility index (Phi) is 3.79. The number of aryl methyl sites for hydroxylation is 1. The lowest BCUT2D eigenvalue weighted by atomic mass is 9.73. The van der Waals surface area contributed by atoms with Crippen LogP contribution in [-0.4, -0.2) is 30.4 Å². The highest BCUT2D eigenvalue weighted by atomic mass is 16.1. The Hall–Kier alpha value is -1.35. The molecule has 1 aromatic rings. The first-order chi connectivity index (χ1) is 9.65. The summed E-state index contributed by atoms with van der Waals surface area (Å²) in [6.07, 6.45) is 4.24. The maximum Gasteiger partial charge on any atom is 0.220 e. The van der Waals surface area contributed by atoms with Gasteiger partial charge in [0, 0.05) is 19.5 Å². The van der Waals surface area contributed by atoms with Crippen molar-refractivity contribution < 1.29 is 4.79 Å². The van der Waals surface area contributed by atoms with Crippen LogP contribution in [0.25, 0.3) is 0 Å². The zero-order valence-corrected chi connectivity index (χ0v) is 12.3. The van der Waals surface area contributed by atoms with Crippen molar-refractivity contribution in [2.75, 3.05) is 19.6 Å². The Balaban J connectivity index is 1.55. The van der Waals surface area contributed by atoms with Crippen molar-refractivity contribution in [3.8, 4) is 0 Å². The molecule has 3 rings (SSSR count). The maximum atomic E-state index is 11.3. The van der Waals surface area contributed by atoms with E-state index in [1.54, 1.807) is 0 Å². The number of hydrogen-bond acceptors (Lipinski definition) is 2. The average Bonchev–Trinajstić information content (AvgIpc) is 2.45. The minimum Gasteiger partial charge on any atom is -0.356 e. The van der Waals surface area contributed by atoms with E-state index in [9.17, 15) is 4.79 Å². The smallest absolute Gasteiger partial charge is 0.220 e. The predicted molar refractivity (Wildman–Crippen MR) is 80.4 cm³/mol. The van der Waals surface area contributed by atoms with Crippen LogP contribution in [0.1, 0.15) is 36.8 Å². The largest absolute Gasteiger partial charge is 0.356 e. The standard InChI is InChI=1S/C17H24N2O/c1-14-3-2-4-15(11-14)12-19-9-7-17(8-10-19)6-5-16(20)18-13-17/h2-4,11H,5-10,12-13H2,1H3,(H,18,20). The van der Waals surface area contributed by atoms with Crippen LogP contribution in [0.5, 0.6) is 0 Å². The van der Waals surface area contributed by atoms with Gasteiger partial charge in [0.25, 0.3) is 0 Å². The van der Waals surface area contributed by atoms with Gasteiger partial charge >= 0.3 is 0 Å². The SMILES string of the molecule is Cc1cccc(CN2CCC3(CCC(=O)NC3)CC2)c1. The van der Waals surface area contributed by atoms with E-state index in [1.807, 2.05) is 0 Å². The number of amides is 1. The molecule has 0 atom stereocenters. The maximum absolute atomic E-state index is 11.3. The molecule has 2 saturated heterocycles. The Bertz CT molecular complexity index is 478. The van der Waals surface area contributed by atoms with E-state index in [0.717, 1.165) is 39.0 Å². The van der Waals surface area contributed by atoms with Gasteiger partial charge in [0.05, 0.1) is 0 Å². The zero-order chi connectivity index (χ0) is 14.0. The van der Waals surface area contributed by atoms with E-state index in [2.05, 4.69) is 41.4 Å². The lowest BCUT2D eigenvalue weighted by Gasteiger charge is -2.44. The molecule has 1 N–H and O–H groups in total. The van der Waals surface area contributed by atoms with Crippen LogP contribution in [0.4, 0.5) is 0 Å². The number of benzene rings is 1. The van der Waals surface area contributed by atoms with Gasteiger partial charge in [0.2, 0.25) is 5.91 Å². The second kappa shape index (κ2) is 5.57. The Labute approximate surface area is 121 Å². The molecule has 20 heavy (non-hydrogen) atoms. The number of hydrogen-bond donors (Lipinski definition) is 1. The number of nitrogens with zero attached hydrogens (tertiary/aromatic N) is 1. The van der Waals surface area contributed by atoms with Crippen molar-refractivity contribution in [1.82, 2.24) is 10.2 Å². The molecule has 1 aromatic carbocycles. The van der Waals surface area contributed by atoms with Crippen LogP contribution in [0.15, 0.2) is 24.3 Å². The van der Waals surface area contributed by atoms with Crippen molar-refractivity contribution in [1.29, 1.82) is 0 Å². The van der Waals surface area contributed by atoms with Crippen molar-refractivity contribution >= 4 is 5.91 Å². The summed E-state index contributed by atoms with van der Waals surface area (Å²) < 4.78 is 0. The average molecular weight is 272 g/mol. The monoisotopic (exact) mass is 272 g/mol. The molecule has 2 fully saturated rings. The van der Waals surface area contributed by atoms with Crippen molar-refractivity contribution in [2.45, 2.75) is 39.2 Å². The summed E-state index contributed by atoms with van der Waals surface area (Å²) in [5.41, 5.74) is 3.14. The molecular weight excluding hydrogens is 248 g/mol. The third-order valence-electron chi connectivity index (χ3n) is 4.95. The fourth-order valence-corrected chi connectivity index (χ4v) is 3.52. The third-order valence-corrected chi connectivity index (χ3v) is 4.95.